The van der Waals surface area contributed by atoms with E-state index in [-0.39, 0.29) is 38.6 Å². The lowest BCUT2D eigenvalue weighted by molar-refractivity contribution is -0.870. The van der Waals surface area contributed by atoms with Gasteiger partial charge in [-0.25, -0.2) is 0 Å². The molecule has 538 valence electrons. The molecule has 2 atom stereocenters. The number of aliphatic carboxylic acids is 1. The summed E-state index contributed by atoms with van der Waals surface area (Å²) in [5.74, 6) is -2.35. The largest absolute Gasteiger partial charge is 0.545 e. The predicted octanol–water partition coefficient (Wildman–Crippen LogP) is 23.2. The van der Waals surface area contributed by atoms with Crippen LogP contribution in [0.4, 0.5) is 0 Å². The minimum Gasteiger partial charge on any atom is -0.545 e. The van der Waals surface area contributed by atoms with Crippen molar-refractivity contribution in [2.45, 2.75) is 309 Å². The number of carbonyl (C=O) groups is 3. The molecule has 0 saturated carbocycles. The van der Waals surface area contributed by atoms with Gasteiger partial charge in [0.2, 0.25) is 0 Å². The van der Waals surface area contributed by atoms with Crippen LogP contribution in [0.15, 0.2) is 170 Å². The van der Waals surface area contributed by atoms with Crippen LogP contribution in [-0.4, -0.2) is 82.3 Å². The Balaban J connectivity index is 4.21. The SMILES string of the molecule is CC/C=C\C/C=C\C/C=C\C/C=C\C/C=C\C/C=C\C/C=C\C/C=C\C/C=C\C/C=C\C/C=C\C/C=C\CCCCC(=O)OC(COC(=O)CCCCCCCCCCCCCCCCCCCCC/C=C\C/C=C\CCCCCCC)COC(OCC[N+](C)(C)C)C(=O)[O-]. The number of hydrogen-bond donors (Lipinski definition) is 0. The number of allylic oxidation sites excluding steroid dienone is 28. The van der Waals surface area contributed by atoms with Gasteiger partial charge in [-0.1, -0.05) is 319 Å². The van der Waals surface area contributed by atoms with E-state index < -0.39 is 24.3 Å². The number of nitrogens with zero attached hydrogens (tertiary/aromatic N) is 1. The van der Waals surface area contributed by atoms with Crippen LogP contribution in [0.25, 0.3) is 0 Å². The normalized spacial score (nSPS) is 13.7. The summed E-state index contributed by atoms with van der Waals surface area (Å²) in [6.07, 6.45) is 109. The van der Waals surface area contributed by atoms with Gasteiger partial charge in [0.25, 0.3) is 0 Å². The monoisotopic (exact) mass is 1320 g/mol. The lowest BCUT2D eigenvalue weighted by atomic mass is 10.0. The summed E-state index contributed by atoms with van der Waals surface area (Å²) in [4.78, 5) is 37.5. The molecule has 0 aliphatic heterocycles. The van der Waals surface area contributed by atoms with Gasteiger partial charge in [0.05, 0.1) is 40.3 Å². The van der Waals surface area contributed by atoms with Crippen LogP contribution in [0.5, 0.6) is 0 Å². The molecule has 0 aromatic rings. The van der Waals surface area contributed by atoms with E-state index in [0.717, 1.165) is 116 Å². The zero-order valence-corrected chi connectivity index (χ0v) is 61.5. The van der Waals surface area contributed by atoms with Crippen LogP contribution in [0, 0.1) is 0 Å². The van der Waals surface area contributed by atoms with Crippen LogP contribution in [-0.2, 0) is 33.3 Å². The molecular weight excluding hydrogens is 1170 g/mol. The average Bonchev–Trinajstić information content (AvgIpc) is 2.92. The van der Waals surface area contributed by atoms with Crippen LogP contribution in [0.1, 0.15) is 296 Å². The molecule has 0 aromatic heterocycles. The van der Waals surface area contributed by atoms with E-state index in [1.54, 1.807) is 0 Å². The highest BCUT2D eigenvalue weighted by molar-refractivity contribution is 5.70. The number of quaternary nitrogens is 1. The summed E-state index contributed by atoms with van der Waals surface area (Å²) in [5, 5.41) is 11.8. The fourth-order valence-electron chi connectivity index (χ4n) is 10.1. The minimum absolute atomic E-state index is 0.131. The van der Waals surface area contributed by atoms with Gasteiger partial charge in [0, 0.05) is 12.8 Å². The third-order valence-corrected chi connectivity index (χ3v) is 15.9. The van der Waals surface area contributed by atoms with Gasteiger partial charge < -0.3 is 33.3 Å². The van der Waals surface area contributed by atoms with Crippen molar-refractivity contribution in [3.8, 4) is 0 Å². The summed E-state index contributed by atoms with van der Waals surface area (Å²) < 4.78 is 22.8. The van der Waals surface area contributed by atoms with Gasteiger partial charge in [-0.05, 0) is 135 Å². The van der Waals surface area contributed by atoms with Crippen LogP contribution < -0.4 is 5.11 Å². The Hall–Kier alpha value is -5.35. The molecule has 0 radical (unpaired) electrons. The number of ether oxygens (including phenoxy) is 4. The molecule has 0 spiro atoms. The van der Waals surface area contributed by atoms with Crippen LogP contribution in [0.2, 0.25) is 0 Å². The first-order valence-corrected chi connectivity index (χ1v) is 38.3. The Kier molecular flexibility index (Phi) is 70.2. The highest BCUT2D eigenvalue weighted by atomic mass is 16.7. The molecule has 0 aliphatic rings. The first-order valence-electron chi connectivity index (χ1n) is 38.3. The second-order valence-electron chi connectivity index (χ2n) is 26.2. The summed E-state index contributed by atoms with van der Waals surface area (Å²) in [6, 6.07) is 0. The Morgan fingerprint density at radius 2 is 0.600 bits per heavy atom. The minimum atomic E-state index is -1.64. The van der Waals surface area contributed by atoms with Crippen molar-refractivity contribution in [2.24, 2.45) is 0 Å². The van der Waals surface area contributed by atoms with Crippen molar-refractivity contribution < 1.29 is 42.9 Å². The zero-order valence-electron chi connectivity index (χ0n) is 61.5. The number of rotatable bonds is 69. The number of esters is 2. The summed E-state index contributed by atoms with van der Waals surface area (Å²) >= 11 is 0. The molecule has 0 aliphatic carbocycles. The fourth-order valence-corrected chi connectivity index (χ4v) is 10.1. The molecule has 2 unspecified atom stereocenters. The number of carbonyl (C=O) groups excluding carboxylic acids is 3. The maximum atomic E-state index is 12.9. The van der Waals surface area contributed by atoms with E-state index in [0.29, 0.717) is 17.4 Å². The van der Waals surface area contributed by atoms with Crippen molar-refractivity contribution in [1.82, 2.24) is 0 Å². The second kappa shape index (κ2) is 74.4. The average molecular weight is 1320 g/mol. The van der Waals surface area contributed by atoms with Crippen molar-refractivity contribution in [1.29, 1.82) is 0 Å². The zero-order chi connectivity index (χ0) is 69.0. The van der Waals surface area contributed by atoms with Gasteiger partial charge in [-0.3, -0.25) is 9.59 Å². The molecule has 0 amide bonds. The Bertz CT molecular complexity index is 2170. The lowest BCUT2D eigenvalue weighted by Crippen LogP contribution is -2.44. The van der Waals surface area contributed by atoms with Crippen LogP contribution >= 0.6 is 0 Å². The molecule has 9 nitrogen and oxygen atoms in total. The number of hydrogen-bond acceptors (Lipinski definition) is 8. The molecule has 0 fully saturated rings. The molecule has 9 heteroatoms. The molecule has 0 bridgehead atoms. The third kappa shape index (κ3) is 75.9. The molecular formula is C86H141NO8. The van der Waals surface area contributed by atoms with Crippen molar-refractivity contribution >= 4 is 17.9 Å². The van der Waals surface area contributed by atoms with Gasteiger partial charge in [0.15, 0.2) is 12.4 Å². The number of carboxylic acid groups (broad SMARTS) is 1. The van der Waals surface area contributed by atoms with E-state index in [1.807, 2.05) is 21.1 Å². The Morgan fingerprint density at radius 1 is 0.326 bits per heavy atom. The first-order chi connectivity index (χ1) is 46.6. The molecule has 0 aromatic carbocycles. The third-order valence-electron chi connectivity index (χ3n) is 15.9. The quantitative estimate of drug-likeness (QED) is 0.0195. The number of unbranched alkanes of at least 4 members (excludes halogenated alkanes) is 26. The van der Waals surface area contributed by atoms with E-state index >= 15 is 0 Å². The summed E-state index contributed by atoms with van der Waals surface area (Å²) in [7, 11) is 5.91. The van der Waals surface area contributed by atoms with E-state index in [9.17, 15) is 19.5 Å². The standard InChI is InChI=1S/C86H141NO8/c1-6-8-10-12-14-16-18-20-22-24-26-28-30-32-34-36-38-39-40-41-42-43-44-45-47-49-51-53-55-57-59-61-63-65-67-69-71-73-75-77-84(89)95-82(81-94-86(85(90)91)92-79-78-87(3,4)5)80-93-83(88)76-74-72-70-68-66-64-62-60-58-56-54-52-50-48-46-37-35-33-31-29-27-25-23-21-19-17-15-13-11-9-7-2/h8,10,14,16,19-22,25-28,32,34,38-39,41-42,44-45,49,51,55,57,61,63,67,69,82,86H,6-7,9,11-13,15,17-18,23-24,29-31,33,35-37,40,43,46-48,50,52-54,56,58-60,62,64-66,68,70-81H2,1-5H3/b10-8-,16-14-,21-19-,22-20-,27-25-,28-26-,34-32-,39-38-,42-41-,45-44-,51-49-,57-55-,63-61-,69-67-. The van der Waals surface area contributed by atoms with E-state index in [4.69, 9.17) is 18.9 Å². The second-order valence-corrected chi connectivity index (χ2v) is 26.2. The Morgan fingerprint density at radius 3 is 0.916 bits per heavy atom. The maximum absolute atomic E-state index is 12.9. The van der Waals surface area contributed by atoms with E-state index in [1.165, 1.54) is 148 Å². The molecule has 95 heavy (non-hydrogen) atoms. The smallest absolute Gasteiger partial charge is 0.306 e. The van der Waals surface area contributed by atoms with Crippen molar-refractivity contribution in [3.63, 3.8) is 0 Å². The predicted molar refractivity (Wildman–Crippen MR) is 407 cm³/mol. The topological polar surface area (TPSA) is 111 Å². The maximum Gasteiger partial charge on any atom is 0.306 e. The van der Waals surface area contributed by atoms with Gasteiger partial charge in [-0.15, -0.1) is 0 Å². The van der Waals surface area contributed by atoms with Crippen molar-refractivity contribution in [2.75, 3.05) is 47.5 Å². The number of likely N-dealkylation sites (N-methyl/N-ethyl adjacent to an activating group) is 1. The highest BCUT2D eigenvalue weighted by Crippen LogP contribution is 2.17. The van der Waals surface area contributed by atoms with Crippen LogP contribution in [0.3, 0.4) is 0 Å². The van der Waals surface area contributed by atoms with Crippen molar-refractivity contribution in [3.05, 3.63) is 170 Å². The number of carboxylic acids is 1. The van der Waals surface area contributed by atoms with Gasteiger partial charge in [0.1, 0.15) is 13.2 Å². The fraction of sp³-hybridized carbons (Fsp3) is 0.640. The highest BCUT2D eigenvalue weighted by Gasteiger charge is 2.22. The molecule has 0 heterocycles. The summed E-state index contributed by atoms with van der Waals surface area (Å²) in [5.41, 5.74) is 0. The molecule has 0 rings (SSSR count). The lowest BCUT2D eigenvalue weighted by Gasteiger charge is -2.26. The molecule has 0 saturated heterocycles. The van der Waals surface area contributed by atoms with Gasteiger partial charge in [-0.2, -0.15) is 0 Å². The molecule has 0 N–H and O–H groups in total. The Labute approximate surface area is 584 Å². The first kappa shape index (κ1) is 89.6. The summed E-state index contributed by atoms with van der Waals surface area (Å²) in [6.45, 7) is 4.58. The van der Waals surface area contributed by atoms with Gasteiger partial charge >= 0.3 is 11.9 Å². The van der Waals surface area contributed by atoms with E-state index in [2.05, 4.69) is 184 Å².